The summed E-state index contributed by atoms with van der Waals surface area (Å²) in [5.41, 5.74) is 2.25. The Balaban J connectivity index is 1.62. The maximum Gasteiger partial charge on any atom is 0.228 e. The third kappa shape index (κ3) is 2.64. The van der Waals surface area contributed by atoms with Crippen LogP contribution in [0.25, 0.3) is 27.7 Å². The van der Waals surface area contributed by atoms with E-state index in [2.05, 4.69) is 20.5 Å². The summed E-state index contributed by atoms with van der Waals surface area (Å²) in [6.07, 6.45) is 6.85. The van der Waals surface area contributed by atoms with Gasteiger partial charge in [-0.05, 0) is 25.0 Å². The third-order valence-electron chi connectivity index (χ3n) is 4.98. The first-order chi connectivity index (χ1) is 13.6. The predicted molar refractivity (Wildman–Crippen MR) is 103 cm³/mol. The van der Waals surface area contributed by atoms with Gasteiger partial charge in [0.25, 0.3) is 0 Å². The van der Waals surface area contributed by atoms with Crippen LogP contribution in [-0.2, 0) is 11.4 Å². The van der Waals surface area contributed by atoms with Crippen LogP contribution >= 0.6 is 11.6 Å². The van der Waals surface area contributed by atoms with Crippen LogP contribution < -0.4 is 5.32 Å². The molecule has 7 nitrogen and oxygen atoms in total. The number of nitrogens with zero attached hydrogens (tertiary/aromatic N) is 3. The van der Waals surface area contributed by atoms with Gasteiger partial charge in [0.05, 0.1) is 29.5 Å². The van der Waals surface area contributed by atoms with Crippen LogP contribution in [-0.4, -0.2) is 30.6 Å². The number of nitrogens with one attached hydrogen (secondary N) is 2. The Hall–Kier alpha value is -2.97. The lowest BCUT2D eigenvalue weighted by atomic mass is 10.00. The first-order valence-electron chi connectivity index (χ1n) is 8.80. The number of carbonyl (C=O) groups is 1. The summed E-state index contributed by atoms with van der Waals surface area (Å²) in [7, 11) is 0. The van der Waals surface area contributed by atoms with Crippen molar-refractivity contribution in [3.8, 4) is 11.1 Å². The van der Waals surface area contributed by atoms with Crippen molar-refractivity contribution in [3.63, 3.8) is 0 Å². The molecule has 9 heteroatoms. The second-order valence-corrected chi connectivity index (χ2v) is 7.25. The van der Waals surface area contributed by atoms with E-state index in [-0.39, 0.29) is 22.4 Å². The molecule has 142 valence electrons. The van der Waals surface area contributed by atoms with E-state index in [0.717, 1.165) is 12.8 Å². The van der Waals surface area contributed by atoms with E-state index in [1.807, 2.05) is 0 Å². The first kappa shape index (κ1) is 17.2. The number of aromatic amines is 1. The van der Waals surface area contributed by atoms with E-state index >= 15 is 0 Å². The number of H-pyrrole nitrogens is 1. The van der Waals surface area contributed by atoms with E-state index in [4.69, 9.17) is 11.6 Å². The molecule has 4 aromatic rings. The molecule has 1 aliphatic rings. The molecule has 1 aliphatic carbocycles. The SMILES string of the molecule is O=C(Nc1cn2cc(-c3c(Cl)c(F)c(CO)c4[nH]ncc34)ccc2n1)C1CC1. The zero-order valence-electron chi connectivity index (χ0n) is 14.5. The number of hydrogen-bond acceptors (Lipinski definition) is 4. The zero-order chi connectivity index (χ0) is 19.4. The Labute approximate surface area is 163 Å². The second-order valence-electron chi connectivity index (χ2n) is 6.87. The standard InChI is InChI=1S/C19H15ClFN5O2/c20-16-15(11-5-22-25-18(11)12(8-27)17(16)21)10-3-4-14-23-13(7-26(14)6-10)24-19(28)9-1-2-9/h3-7,9,27H,1-2,8H2,(H,22,25)(H,24,28). The van der Waals surface area contributed by atoms with Gasteiger partial charge in [0.15, 0.2) is 5.82 Å². The Morgan fingerprint density at radius 3 is 2.96 bits per heavy atom. The van der Waals surface area contributed by atoms with Crippen molar-refractivity contribution in [2.45, 2.75) is 19.4 Å². The summed E-state index contributed by atoms with van der Waals surface area (Å²) in [6.45, 7) is -0.491. The highest BCUT2D eigenvalue weighted by Crippen LogP contribution is 2.39. The maximum absolute atomic E-state index is 14.7. The maximum atomic E-state index is 14.7. The molecule has 0 bridgehead atoms. The van der Waals surface area contributed by atoms with Crippen molar-refractivity contribution >= 4 is 39.9 Å². The Bertz CT molecular complexity index is 1240. The minimum Gasteiger partial charge on any atom is -0.391 e. The van der Waals surface area contributed by atoms with Crippen molar-refractivity contribution < 1.29 is 14.3 Å². The van der Waals surface area contributed by atoms with Gasteiger partial charge < -0.3 is 14.8 Å². The number of aliphatic hydroxyl groups excluding tert-OH is 1. The van der Waals surface area contributed by atoms with Crippen LogP contribution in [0, 0.1) is 11.7 Å². The van der Waals surface area contributed by atoms with Crippen LogP contribution in [0.15, 0.2) is 30.7 Å². The van der Waals surface area contributed by atoms with Crippen molar-refractivity contribution in [1.29, 1.82) is 0 Å². The summed E-state index contributed by atoms with van der Waals surface area (Å²) in [4.78, 5) is 16.3. The van der Waals surface area contributed by atoms with Gasteiger partial charge in [-0.1, -0.05) is 11.6 Å². The number of rotatable bonds is 4. The number of hydrogen-bond donors (Lipinski definition) is 3. The molecule has 0 saturated heterocycles. The van der Waals surface area contributed by atoms with Crippen molar-refractivity contribution in [3.05, 3.63) is 47.1 Å². The number of aliphatic hydroxyl groups is 1. The number of imidazole rings is 1. The molecule has 5 rings (SSSR count). The van der Waals surface area contributed by atoms with Gasteiger partial charge >= 0.3 is 0 Å². The number of fused-ring (bicyclic) bond motifs is 2. The van der Waals surface area contributed by atoms with Gasteiger partial charge in [0.2, 0.25) is 5.91 Å². The Kier molecular flexibility index (Phi) is 3.85. The van der Waals surface area contributed by atoms with Gasteiger partial charge in [0.1, 0.15) is 11.5 Å². The van der Waals surface area contributed by atoms with Crippen molar-refractivity contribution in [2.75, 3.05) is 5.32 Å². The highest BCUT2D eigenvalue weighted by atomic mass is 35.5. The molecule has 1 aromatic carbocycles. The number of aromatic nitrogens is 4. The molecular weight excluding hydrogens is 385 g/mol. The van der Waals surface area contributed by atoms with E-state index in [9.17, 15) is 14.3 Å². The summed E-state index contributed by atoms with van der Waals surface area (Å²) in [5.74, 6) is -0.149. The number of benzene rings is 1. The fourth-order valence-corrected chi connectivity index (χ4v) is 3.71. The van der Waals surface area contributed by atoms with Crippen LogP contribution in [0.2, 0.25) is 5.02 Å². The van der Waals surface area contributed by atoms with Crippen LogP contribution in [0.3, 0.4) is 0 Å². The summed E-state index contributed by atoms with van der Waals surface area (Å²) in [6, 6.07) is 3.54. The van der Waals surface area contributed by atoms with Crippen LogP contribution in [0.5, 0.6) is 0 Å². The van der Waals surface area contributed by atoms with E-state index in [0.29, 0.717) is 33.5 Å². The average molecular weight is 400 g/mol. The molecule has 1 fully saturated rings. The van der Waals surface area contributed by atoms with Crippen molar-refractivity contribution in [2.24, 2.45) is 5.92 Å². The van der Waals surface area contributed by atoms with E-state index in [1.54, 1.807) is 35.1 Å². The van der Waals surface area contributed by atoms with Gasteiger partial charge in [-0.25, -0.2) is 9.37 Å². The second kappa shape index (κ2) is 6.29. The zero-order valence-corrected chi connectivity index (χ0v) is 15.3. The minimum atomic E-state index is -0.681. The Morgan fingerprint density at radius 2 is 2.21 bits per heavy atom. The lowest BCUT2D eigenvalue weighted by Crippen LogP contribution is -2.13. The Morgan fingerprint density at radius 1 is 1.39 bits per heavy atom. The molecule has 1 saturated carbocycles. The molecule has 0 aliphatic heterocycles. The first-order valence-corrected chi connectivity index (χ1v) is 9.18. The molecule has 0 radical (unpaired) electrons. The highest BCUT2D eigenvalue weighted by molar-refractivity contribution is 6.35. The number of halogens is 2. The molecule has 3 heterocycles. The molecule has 1 amide bonds. The van der Waals surface area contributed by atoms with Gasteiger partial charge in [-0.15, -0.1) is 0 Å². The topological polar surface area (TPSA) is 95.3 Å². The smallest absolute Gasteiger partial charge is 0.228 e. The molecule has 3 N–H and O–H groups in total. The number of pyridine rings is 1. The molecule has 28 heavy (non-hydrogen) atoms. The predicted octanol–water partition coefficient (Wildman–Crippen LogP) is 3.51. The quantitative estimate of drug-likeness (QED) is 0.489. The van der Waals surface area contributed by atoms with Gasteiger partial charge in [0, 0.05) is 34.2 Å². The van der Waals surface area contributed by atoms with Crippen molar-refractivity contribution in [1.82, 2.24) is 19.6 Å². The monoisotopic (exact) mass is 399 g/mol. The molecule has 0 unspecified atom stereocenters. The van der Waals surface area contributed by atoms with Crippen LogP contribution in [0.4, 0.5) is 10.2 Å². The summed E-state index contributed by atoms with van der Waals surface area (Å²) in [5, 5.41) is 19.5. The number of amides is 1. The summed E-state index contributed by atoms with van der Waals surface area (Å²) >= 11 is 6.30. The minimum absolute atomic E-state index is 0.0200. The summed E-state index contributed by atoms with van der Waals surface area (Å²) < 4.78 is 16.4. The molecule has 0 atom stereocenters. The van der Waals surface area contributed by atoms with Crippen LogP contribution in [0.1, 0.15) is 18.4 Å². The fraction of sp³-hybridized carbons (Fsp3) is 0.211. The van der Waals surface area contributed by atoms with Gasteiger partial charge in [-0.3, -0.25) is 9.89 Å². The lowest BCUT2D eigenvalue weighted by molar-refractivity contribution is -0.117. The normalized spacial score (nSPS) is 14.1. The van der Waals surface area contributed by atoms with Gasteiger partial charge in [-0.2, -0.15) is 5.10 Å². The largest absolute Gasteiger partial charge is 0.391 e. The molecule has 3 aromatic heterocycles. The highest BCUT2D eigenvalue weighted by Gasteiger charge is 2.30. The van der Waals surface area contributed by atoms with E-state index in [1.165, 1.54) is 0 Å². The third-order valence-corrected chi connectivity index (χ3v) is 5.34. The fourth-order valence-electron chi connectivity index (χ4n) is 3.38. The number of anilines is 1. The molecule has 0 spiro atoms. The molecular formula is C19H15ClFN5O2. The lowest BCUT2D eigenvalue weighted by Gasteiger charge is -2.11. The number of carbonyl (C=O) groups excluding carboxylic acids is 1. The van der Waals surface area contributed by atoms with E-state index < -0.39 is 12.4 Å². The average Bonchev–Trinajstić information content (AvgIpc) is 3.31.